The summed E-state index contributed by atoms with van der Waals surface area (Å²) < 4.78 is 7.13. The van der Waals surface area contributed by atoms with E-state index >= 15 is 0 Å². The van der Waals surface area contributed by atoms with E-state index in [0.717, 1.165) is 32.6 Å². The summed E-state index contributed by atoms with van der Waals surface area (Å²) in [6.45, 7) is 2.30. The van der Waals surface area contributed by atoms with Crippen molar-refractivity contribution in [2.24, 2.45) is 5.92 Å². The highest BCUT2D eigenvalue weighted by Crippen LogP contribution is 2.35. The zero-order valence-electron chi connectivity index (χ0n) is 11.3. The fourth-order valence-corrected chi connectivity index (χ4v) is 2.89. The molecule has 0 saturated carbocycles. The van der Waals surface area contributed by atoms with Crippen LogP contribution in [0.1, 0.15) is 12.8 Å². The van der Waals surface area contributed by atoms with Gasteiger partial charge in [-0.1, -0.05) is 23.2 Å². The number of nitrogen functional groups attached to an aromatic ring is 1. The number of tetrazole rings is 1. The summed E-state index contributed by atoms with van der Waals surface area (Å²) in [5, 5.41) is 12.7. The molecular formula is C13H15Cl2N5O. The molecule has 1 fully saturated rings. The van der Waals surface area contributed by atoms with Crippen molar-refractivity contribution in [1.82, 2.24) is 20.2 Å². The monoisotopic (exact) mass is 327 g/mol. The fourth-order valence-electron chi connectivity index (χ4n) is 2.47. The highest BCUT2D eigenvalue weighted by atomic mass is 35.5. The van der Waals surface area contributed by atoms with Gasteiger partial charge in [0.15, 0.2) is 5.82 Å². The van der Waals surface area contributed by atoms with E-state index in [1.54, 1.807) is 16.8 Å². The number of rotatable bonds is 3. The first-order chi connectivity index (χ1) is 10.1. The summed E-state index contributed by atoms with van der Waals surface area (Å²) in [7, 11) is 0. The Balaban J connectivity index is 1.91. The molecule has 21 heavy (non-hydrogen) atoms. The Morgan fingerprint density at radius 3 is 2.81 bits per heavy atom. The SMILES string of the molecule is Nc1cc(Cl)c(Cl)c(-c2nnnn2CC2CCOCC2)c1. The standard InChI is InChI=1S/C13H15Cl2N5O/c14-11-6-9(16)5-10(12(11)15)13-17-18-19-20(13)7-8-1-3-21-4-2-8/h5-6,8H,1-4,7,16H2. The van der Waals surface area contributed by atoms with Crippen molar-refractivity contribution in [3.63, 3.8) is 0 Å². The summed E-state index contributed by atoms with van der Waals surface area (Å²) in [5.74, 6) is 1.08. The molecule has 0 radical (unpaired) electrons. The van der Waals surface area contributed by atoms with E-state index in [9.17, 15) is 0 Å². The molecular weight excluding hydrogens is 313 g/mol. The van der Waals surface area contributed by atoms with Gasteiger partial charge in [0.05, 0.1) is 10.0 Å². The first-order valence-corrected chi connectivity index (χ1v) is 7.49. The van der Waals surface area contributed by atoms with E-state index in [-0.39, 0.29) is 0 Å². The van der Waals surface area contributed by atoms with Crippen LogP contribution >= 0.6 is 23.2 Å². The summed E-state index contributed by atoms with van der Waals surface area (Å²) in [6, 6.07) is 3.35. The van der Waals surface area contributed by atoms with Crippen molar-refractivity contribution in [2.75, 3.05) is 18.9 Å². The molecule has 0 atom stereocenters. The van der Waals surface area contributed by atoms with Gasteiger partial charge in [0.1, 0.15) is 0 Å². The quantitative estimate of drug-likeness (QED) is 0.876. The van der Waals surface area contributed by atoms with Crippen LogP contribution in [0.3, 0.4) is 0 Å². The number of aromatic nitrogens is 4. The molecule has 0 bridgehead atoms. The van der Waals surface area contributed by atoms with E-state index in [2.05, 4.69) is 15.5 Å². The molecule has 1 aliphatic rings. The summed E-state index contributed by atoms with van der Waals surface area (Å²) in [5.41, 5.74) is 7.01. The van der Waals surface area contributed by atoms with Crippen molar-refractivity contribution in [2.45, 2.75) is 19.4 Å². The first-order valence-electron chi connectivity index (χ1n) is 6.74. The number of hydrogen-bond donors (Lipinski definition) is 1. The summed E-state index contributed by atoms with van der Waals surface area (Å²) >= 11 is 12.3. The number of nitrogens with two attached hydrogens (primary N) is 1. The number of benzene rings is 1. The van der Waals surface area contributed by atoms with E-state index in [1.807, 2.05) is 0 Å². The number of halogens is 2. The van der Waals surface area contributed by atoms with E-state index in [1.165, 1.54) is 0 Å². The third-order valence-corrected chi connectivity index (χ3v) is 4.40. The average molecular weight is 328 g/mol. The number of nitrogens with zero attached hydrogens (tertiary/aromatic N) is 4. The van der Waals surface area contributed by atoms with Crippen LogP contribution in [0.4, 0.5) is 5.69 Å². The van der Waals surface area contributed by atoms with Crippen LogP contribution in [0.25, 0.3) is 11.4 Å². The minimum absolute atomic E-state index is 0.396. The molecule has 0 amide bonds. The molecule has 1 aliphatic heterocycles. The van der Waals surface area contributed by atoms with Gasteiger partial charge in [-0.05, 0) is 41.3 Å². The normalized spacial score (nSPS) is 16.3. The molecule has 1 aromatic heterocycles. The lowest BCUT2D eigenvalue weighted by atomic mass is 10.0. The predicted octanol–water partition coefficient (Wildman–Crippen LogP) is 2.66. The molecule has 6 nitrogen and oxygen atoms in total. The van der Waals surface area contributed by atoms with Gasteiger partial charge >= 0.3 is 0 Å². The van der Waals surface area contributed by atoms with Crippen LogP contribution in [0.2, 0.25) is 10.0 Å². The Kier molecular flexibility index (Phi) is 4.28. The molecule has 112 valence electrons. The molecule has 2 N–H and O–H groups in total. The Morgan fingerprint density at radius 1 is 1.29 bits per heavy atom. The van der Waals surface area contributed by atoms with E-state index in [0.29, 0.717) is 33.0 Å². The molecule has 0 spiro atoms. The lowest BCUT2D eigenvalue weighted by molar-refractivity contribution is 0.0601. The molecule has 3 rings (SSSR count). The zero-order chi connectivity index (χ0) is 14.8. The van der Waals surface area contributed by atoms with Crippen molar-refractivity contribution in [1.29, 1.82) is 0 Å². The Bertz CT molecular complexity index is 639. The highest BCUT2D eigenvalue weighted by Gasteiger charge is 2.20. The third-order valence-electron chi connectivity index (χ3n) is 3.60. The topological polar surface area (TPSA) is 78.9 Å². The number of ether oxygens (including phenoxy) is 1. The molecule has 8 heteroatoms. The molecule has 2 aromatic rings. The van der Waals surface area contributed by atoms with E-state index < -0.39 is 0 Å². The lowest BCUT2D eigenvalue weighted by Crippen LogP contribution is -2.21. The van der Waals surface area contributed by atoms with Gasteiger partial charge in [-0.3, -0.25) is 0 Å². The minimum atomic E-state index is 0.396. The van der Waals surface area contributed by atoms with Crippen LogP contribution in [-0.4, -0.2) is 33.4 Å². The smallest absolute Gasteiger partial charge is 0.183 e. The minimum Gasteiger partial charge on any atom is -0.399 e. The molecule has 2 heterocycles. The van der Waals surface area contributed by atoms with Crippen LogP contribution in [-0.2, 0) is 11.3 Å². The van der Waals surface area contributed by atoms with Crippen molar-refractivity contribution in [3.05, 3.63) is 22.2 Å². The van der Waals surface area contributed by atoms with Crippen LogP contribution in [0.15, 0.2) is 12.1 Å². The van der Waals surface area contributed by atoms with Gasteiger partial charge in [0, 0.05) is 31.0 Å². The second-order valence-electron chi connectivity index (χ2n) is 5.10. The van der Waals surface area contributed by atoms with Gasteiger partial charge in [-0.15, -0.1) is 5.10 Å². The molecule has 1 aromatic carbocycles. The van der Waals surface area contributed by atoms with Crippen LogP contribution in [0.5, 0.6) is 0 Å². The largest absolute Gasteiger partial charge is 0.399 e. The lowest BCUT2D eigenvalue weighted by Gasteiger charge is -2.22. The highest BCUT2D eigenvalue weighted by molar-refractivity contribution is 6.43. The van der Waals surface area contributed by atoms with E-state index in [4.69, 9.17) is 33.7 Å². The van der Waals surface area contributed by atoms with Crippen molar-refractivity contribution >= 4 is 28.9 Å². The summed E-state index contributed by atoms with van der Waals surface area (Å²) in [4.78, 5) is 0. The molecule has 0 aliphatic carbocycles. The number of anilines is 1. The first kappa shape index (κ1) is 14.6. The Morgan fingerprint density at radius 2 is 2.05 bits per heavy atom. The second kappa shape index (κ2) is 6.17. The number of hydrogen-bond acceptors (Lipinski definition) is 5. The third kappa shape index (κ3) is 3.12. The molecule has 1 saturated heterocycles. The van der Waals surface area contributed by atoms with Gasteiger partial charge < -0.3 is 10.5 Å². The zero-order valence-corrected chi connectivity index (χ0v) is 12.8. The Labute approximate surface area is 132 Å². The van der Waals surface area contributed by atoms with Gasteiger partial charge in [0.2, 0.25) is 0 Å². The van der Waals surface area contributed by atoms with Gasteiger partial charge in [-0.2, -0.15) is 0 Å². The van der Waals surface area contributed by atoms with Gasteiger partial charge in [-0.25, -0.2) is 4.68 Å². The Hall–Kier alpha value is -1.37. The van der Waals surface area contributed by atoms with Crippen LogP contribution in [0, 0.1) is 5.92 Å². The van der Waals surface area contributed by atoms with Gasteiger partial charge in [0.25, 0.3) is 0 Å². The predicted molar refractivity (Wildman–Crippen MR) is 81.2 cm³/mol. The summed E-state index contributed by atoms with van der Waals surface area (Å²) in [6.07, 6.45) is 2.01. The van der Waals surface area contributed by atoms with Crippen molar-refractivity contribution < 1.29 is 4.74 Å². The van der Waals surface area contributed by atoms with Crippen molar-refractivity contribution in [3.8, 4) is 11.4 Å². The van der Waals surface area contributed by atoms with Crippen LogP contribution < -0.4 is 5.73 Å². The maximum absolute atomic E-state index is 6.25. The molecule has 0 unspecified atom stereocenters. The second-order valence-corrected chi connectivity index (χ2v) is 5.89. The maximum atomic E-state index is 6.25. The maximum Gasteiger partial charge on any atom is 0.183 e. The average Bonchev–Trinajstić information content (AvgIpc) is 2.92. The fraction of sp³-hybridized carbons (Fsp3) is 0.462.